The van der Waals surface area contributed by atoms with E-state index in [1.807, 2.05) is 0 Å². The molecule has 134 valence electrons. The van der Waals surface area contributed by atoms with Crippen LogP contribution >= 0.6 is 12.2 Å². The zero-order valence-corrected chi connectivity index (χ0v) is 15.5. The molecule has 7 heteroatoms. The first kappa shape index (κ1) is 19.0. The Kier molecular flexibility index (Phi) is 7.30. The Hall–Kier alpha value is -1.34. The van der Waals surface area contributed by atoms with E-state index in [4.69, 9.17) is 12.2 Å². The highest BCUT2D eigenvalue weighted by molar-refractivity contribution is 7.80. The van der Waals surface area contributed by atoms with Crippen molar-refractivity contribution in [1.82, 2.24) is 10.2 Å². The number of nitrogens with one attached hydrogen (secondary N) is 2. The summed E-state index contributed by atoms with van der Waals surface area (Å²) in [5.41, 5.74) is 0. The predicted octanol–water partition coefficient (Wildman–Crippen LogP) is 0.174. The van der Waals surface area contributed by atoms with Gasteiger partial charge in [0.1, 0.15) is 0 Å². The van der Waals surface area contributed by atoms with E-state index < -0.39 is 5.92 Å². The van der Waals surface area contributed by atoms with Crippen molar-refractivity contribution in [1.29, 1.82) is 0 Å². The molecule has 1 atom stereocenters. The van der Waals surface area contributed by atoms with Crippen LogP contribution in [0.3, 0.4) is 0 Å². The van der Waals surface area contributed by atoms with Crippen LogP contribution in [0.25, 0.3) is 0 Å². The number of hydrogen-bond acceptors (Lipinski definition) is 4. The summed E-state index contributed by atoms with van der Waals surface area (Å²) < 4.78 is 0. The fraction of sp³-hybridized carbons (Fsp3) is 0.765. The van der Waals surface area contributed by atoms with Crippen molar-refractivity contribution in [2.75, 3.05) is 26.2 Å². The van der Waals surface area contributed by atoms with Crippen LogP contribution in [-0.4, -0.2) is 60.3 Å². The molecule has 1 aliphatic carbocycles. The van der Waals surface area contributed by atoms with Crippen molar-refractivity contribution in [2.45, 2.75) is 52.0 Å². The number of carbonyl (C=O) groups is 2. The summed E-state index contributed by atoms with van der Waals surface area (Å²) in [6.45, 7) is 7.93. The van der Waals surface area contributed by atoms with Crippen LogP contribution in [0.5, 0.6) is 0 Å². The molecule has 1 heterocycles. The van der Waals surface area contributed by atoms with Gasteiger partial charge < -0.3 is 10.2 Å². The lowest BCUT2D eigenvalue weighted by molar-refractivity contribution is -0.894. The zero-order valence-electron chi connectivity index (χ0n) is 14.7. The van der Waals surface area contributed by atoms with E-state index in [0.717, 1.165) is 45.3 Å². The summed E-state index contributed by atoms with van der Waals surface area (Å²) in [6.07, 6.45) is 6.84. The topological polar surface area (TPSA) is 66.2 Å². The molecule has 0 spiro atoms. The van der Waals surface area contributed by atoms with Gasteiger partial charge in [-0.15, -0.1) is 0 Å². The number of rotatable bonds is 7. The van der Waals surface area contributed by atoms with E-state index in [9.17, 15) is 9.59 Å². The van der Waals surface area contributed by atoms with Crippen LogP contribution in [0.4, 0.5) is 0 Å². The standard InChI is InChI=1S/C17H28N4O2S/c1-3-20(4-2)11-10-18-12-14-15(22)19-17(24)21(16(14)23)13-8-6-5-7-9-13/h12-14H,3-11H2,1-2H3,(H,19,22,24)/p+1. The third kappa shape index (κ3) is 4.60. The predicted molar refractivity (Wildman–Crippen MR) is 98.2 cm³/mol. The second-order valence-electron chi connectivity index (χ2n) is 6.53. The lowest BCUT2D eigenvalue weighted by atomic mass is 9.92. The maximum Gasteiger partial charge on any atom is 0.247 e. The molecule has 2 amide bonds. The third-order valence-corrected chi connectivity index (χ3v) is 5.32. The number of quaternary nitrogens is 1. The molecule has 2 fully saturated rings. The molecule has 1 unspecified atom stereocenters. The minimum atomic E-state index is -0.842. The number of thiocarbonyl (C=S) groups is 1. The number of carbonyl (C=O) groups excluding carboxylic acids is 2. The highest BCUT2D eigenvalue weighted by Gasteiger charge is 2.40. The Morgan fingerprint density at radius 3 is 2.54 bits per heavy atom. The van der Waals surface area contributed by atoms with E-state index in [0.29, 0.717) is 6.54 Å². The maximum atomic E-state index is 12.8. The average molecular weight is 354 g/mol. The van der Waals surface area contributed by atoms with Gasteiger partial charge in [0.25, 0.3) is 0 Å². The SMILES string of the molecule is CC[NH+](CC)CCN=CC1C(=O)NC(=S)N(C2CCCCC2)C1=O. The third-order valence-electron chi connectivity index (χ3n) is 5.02. The monoisotopic (exact) mass is 353 g/mol. The molecule has 1 saturated heterocycles. The number of hydrogen-bond donors (Lipinski definition) is 2. The lowest BCUT2D eigenvalue weighted by Gasteiger charge is -2.38. The first-order chi connectivity index (χ1) is 11.6. The van der Waals surface area contributed by atoms with Gasteiger partial charge in [-0.25, -0.2) is 0 Å². The van der Waals surface area contributed by atoms with E-state index in [2.05, 4.69) is 24.2 Å². The zero-order chi connectivity index (χ0) is 17.5. The van der Waals surface area contributed by atoms with E-state index in [1.165, 1.54) is 17.5 Å². The number of aliphatic imine (C=N–C) groups is 1. The maximum absolute atomic E-state index is 12.8. The van der Waals surface area contributed by atoms with Gasteiger partial charge in [-0.3, -0.25) is 19.5 Å². The van der Waals surface area contributed by atoms with Crippen LogP contribution in [0, 0.1) is 5.92 Å². The molecule has 24 heavy (non-hydrogen) atoms. The summed E-state index contributed by atoms with van der Waals surface area (Å²) in [5, 5.41) is 2.94. The van der Waals surface area contributed by atoms with Gasteiger partial charge in [-0.2, -0.15) is 0 Å². The normalized spacial score (nSPS) is 23.4. The highest BCUT2D eigenvalue weighted by Crippen LogP contribution is 2.25. The fourth-order valence-corrected chi connectivity index (χ4v) is 3.77. The van der Waals surface area contributed by atoms with Gasteiger partial charge in [-0.05, 0) is 38.9 Å². The van der Waals surface area contributed by atoms with Crippen molar-refractivity contribution in [3.8, 4) is 0 Å². The summed E-state index contributed by atoms with van der Waals surface area (Å²) in [6, 6.07) is 0.121. The summed E-state index contributed by atoms with van der Waals surface area (Å²) in [5.74, 6) is -1.41. The average Bonchev–Trinajstić information content (AvgIpc) is 2.58. The molecular formula is C17H29N4O2S+. The smallest absolute Gasteiger partial charge is 0.247 e. The van der Waals surface area contributed by atoms with Crippen molar-refractivity contribution >= 4 is 35.4 Å². The van der Waals surface area contributed by atoms with Gasteiger partial charge in [0, 0.05) is 12.3 Å². The van der Waals surface area contributed by atoms with Gasteiger partial charge in [0.15, 0.2) is 11.0 Å². The molecule has 2 rings (SSSR count). The molecule has 0 aromatic carbocycles. The molecule has 2 N–H and O–H groups in total. The molecule has 0 aromatic heterocycles. The van der Waals surface area contributed by atoms with Gasteiger partial charge in [0.05, 0.1) is 26.2 Å². The second kappa shape index (κ2) is 9.22. The Morgan fingerprint density at radius 2 is 1.92 bits per heavy atom. The number of amides is 2. The van der Waals surface area contributed by atoms with Gasteiger partial charge >= 0.3 is 0 Å². The Morgan fingerprint density at radius 1 is 1.25 bits per heavy atom. The minimum Gasteiger partial charge on any atom is -0.334 e. The quantitative estimate of drug-likeness (QED) is 0.390. The summed E-state index contributed by atoms with van der Waals surface area (Å²) in [7, 11) is 0. The molecule has 0 aromatic rings. The van der Waals surface area contributed by atoms with Crippen LogP contribution in [0.1, 0.15) is 46.0 Å². The van der Waals surface area contributed by atoms with E-state index in [1.54, 1.807) is 4.90 Å². The molecule has 1 saturated carbocycles. The van der Waals surface area contributed by atoms with E-state index in [-0.39, 0.29) is 23.0 Å². The Balaban J connectivity index is 1.99. The largest absolute Gasteiger partial charge is 0.334 e. The van der Waals surface area contributed by atoms with Crippen molar-refractivity contribution in [2.24, 2.45) is 10.9 Å². The van der Waals surface area contributed by atoms with Crippen LogP contribution in [-0.2, 0) is 9.59 Å². The first-order valence-corrected chi connectivity index (χ1v) is 9.50. The molecular weight excluding hydrogens is 324 g/mol. The van der Waals surface area contributed by atoms with Crippen molar-refractivity contribution in [3.63, 3.8) is 0 Å². The van der Waals surface area contributed by atoms with Gasteiger partial charge in [0.2, 0.25) is 11.8 Å². The van der Waals surface area contributed by atoms with Crippen molar-refractivity contribution in [3.05, 3.63) is 0 Å². The molecule has 0 bridgehead atoms. The second-order valence-corrected chi connectivity index (χ2v) is 6.92. The van der Waals surface area contributed by atoms with Crippen LogP contribution in [0.15, 0.2) is 4.99 Å². The minimum absolute atomic E-state index is 0.121. The van der Waals surface area contributed by atoms with E-state index >= 15 is 0 Å². The number of likely N-dealkylation sites (N-methyl/N-ethyl adjacent to an activating group) is 1. The highest BCUT2D eigenvalue weighted by atomic mass is 32.1. The van der Waals surface area contributed by atoms with Crippen LogP contribution < -0.4 is 10.2 Å². The molecule has 2 aliphatic rings. The number of nitrogens with zero attached hydrogens (tertiary/aromatic N) is 2. The Labute approximate surface area is 149 Å². The summed E-state index contributed by atoms with van der Waals surface area (Å²) >= 11 is 5.24. The lowest BCUT2D eigenvalue weighted by Crippen LogP contribution is -3.11. The van der Waals surface area contributed by atoms with Gasteiger partial charge in [-0.1, -0.05) is 19.3 Å². The summed E-state index contributed by atoms with van der Waals surface area (Å²) in [4.78, 5) is 32.3. The van der Waals surface area contributed by atoms with Crippen LogP contribution in [0.2, 0.25) is 0 Å². The molecule has 6 nitrogen and oxygen atoms in total. The fourth-order valence-electron chi connectivity index (χ4n) is 3.43. The first-order valence-electron chi connectivity index (χ1n) is 9.09. The van der Waals surface area contributed by atoms with Crippen molar-refractivity contribution < 1.29 is 14.5 Å². The molecule has 1 aliphatic heterocycles. The Bertz CT molecular complexity index is 499. The molecule has 0 radical (unpaired) electrons.